The number of amides is 2. The van der Waals surface area contributed by atoms with Crippen molar-refractivity contribution in [1.82, 2.24) is 10.0 Å². The molecule has 1 atom stereocenters. The molecule has 0 heterocycles. The minimum atomic E-state index is -0.404. The summed E-state index contributed by atoms with van der Waals surface area (Å²) in [5.74, 6) is -0.404. The van der Waals surface area contributed by atoms with E-state index in [0.29, 0.717) is 19.4 Å². The van der Waals surface area contributed by atoms with Crippen LogP contribution in [0.15, 0.2) is 0 Å². The van der Waals surface area contributed by atoms with Crippen LogP contribution in [0, 0.1) is 0 Å². The molecule has 4 N–H and O–H groups in total. The molecule has 0 fully saturated rings. The van der Waals surface area contributed by atoms with Gasteiger partial charge in [0.25, 0.3) is 0 Å². The summed E-state index contributed by atoms with van der Waals surface area (Å²) < 4.78 is 2.52. The lowest BCUT2D eigenvalue weighted by molar-refractivity contribution is -0.119. The molecule has 0 aliphatic heterocycles. The topological polar surface area (TPSA) is 84.2 Å². The van der Waals surface area contributed by atoms with Gasteiger partial charge in [0.1, 0.15) is 0 Å². The highest BCUT2D eigenvalue weighted by Crippen LogP contribution is 2.00. The van der Waals surface area contributed by atoms with Gasteiger partial charge in [0.05, 0.1) is 6.04 Å². The van der Waals surface area contributed by atoms with Crippen molar-refractivity contribution in [3.63, 3.8) is 0 Å². The number of carbonyl (C=O) groups is 2. The molecule has 2 amide bonds. The minimum Gasteiger partial charge on any atom is -0.368 e. The summed E-state index contributed by atoms with van der Waals surface area (Å²) in [5.41, 5.74) is 5.07. The SMILES string of the molecule is NC(=O)C(CCCCNC=O)NS. The molecule has 0 aromatic carbocycles. The zero-order chi connectivity index (χ0) is 10.1. The number of primary amides is 1. The lowest BCUT2D eigenvalue weighted by atomic mass is 10.1. The molecule has 0 saturated heterocycles. The molecule has 76 valence electrons. The van der Waals surface area contributed by atoms with Crippen molar-refractivity contribution < 1.29 is 9.59 Å². The van der Waals surface area contributed by atoms with E-state index in [9.17, 15) is 9.59 Å². The van der Waals surface area contributed by atoms with Crippen LogP contribution in [0.5, 0.6) is 0 Å². The maximum atomic E-state index is 10.7. The molecule has 5 nitrogen and oxygen atoms in total. The van der Waals surface area contributed by atoms with Crippen molar-refractivity contribution in [2.24, 2.45) is 5.73 Å². The van der Waals surface area contributed by atoms with Gasteiger partial charge >= 0.3 is 0 Å². The third kappa shape index (κ3) is 6.41. The second kappa shape index (κ2) is 7.88. The van der Waals surface area contributed by atoms with Crippen molar-refractivity contribution >= 4 is 25.1 Å². The molecule has 0 aliphatic rings. The van der Waals surface area contributed by atoms with Gasteiger partial charge in [-0.05, 0) is 19.3 Å². The van der Waals surface area contributed by atoms with Gasteiger partial charge in [-0.3, -0.25) is 14.3 Å². The van der Waals surface area contributed by atoms with Crippen molar-refractivity contribution in [3.8, 4) is 0 Å². The number of hydrogen-bond donors (Lipinski definition) is 4. The monoisotopic (exact) mass is 205 g/mol. The molecule has 13 heavy (non-hydrogen) atoms. The van der Waals surface area contributed by atoms with E-state index in [1.807, 2.05) is 0 Å². The molecule has 0 aliphatic carbocycles. The van der Waals surface area contributed by atoms with E-state index in [1.54, 1.807) is 0 Å². The van der Waals surface area contributed by atoms with Crippen molar-refractivity contribution in [3.05, 3.63) is 0 Å². The van der Waals surface area contributed by atoms with Crippen LogP contribution >= 0.6 is 12.8 Å². The molecule has 6 heteroatoms. The Kier molecular flexibility index (Phi) is 7.42. The maximum absolute atomic E-state index is 10.7. The number of nitrogens with two attached hydrogens (primary N) is 1. The van der Waals surface area contributed by atoms with Gasteiger partial charge in [0, 0.05) is 6.54 Å². The second-order valence-electron chi connectivity index (χ2n) is 2.65. The zero-order valence-electron chi connectivity index (χ0n) is 7.32. The lowest BCUT2D eigenvalue weighted by Gasteiger charge is -2.10. The average Bonchev–Trinajstić information content (AvgIpc) is 2.10. The normalized spacial score (nSPS) is 12.1. The summed E-state index contributed by atoms with van der Waals surface area (Å²) in [5, 5.41) is 2.53. The predicted octanol–water partition coefficient (Wildman–Crippen LogP) is -0.809. The highest BCUT2D eigenvalue weighted by Gasteiger charge is 2.11. The number of carbonyl (C=O) groups excluding carboxylic acids is 2. The average molecular weight is 205 g/mol. The Bertz CT molecular complexity index is 166. The van der Waals surface area contributed by atoms with Crippen molar-refractivity contribution in [2.45, 2.75) is 25.3 Å². The molecule has 0 aromatic rings. The van der Waals surface area contributed by atoms with Gasteiger partial charge in [0.15, 0.2) is 0 Å². The van der Waals surface area contributed by atoms with E-state index >= 15 is 0 Å². The van der Waals surface area contributed by atoms with Crippen molar-refractivity contribution in [2.75, 3.05) is 6.54 Å². The summed E-state index contributed by atoms with van der Waals surface area (Å²) in [6.45, 7) is 0.627. The maximum Gasteiger partial charge on any atom is 0.235 e. The second-order valence-corrected chi connectivity index (χ2v) is 2.91. The van der Waals surface area contributed by atoms with E-state index < -0.39 is 5.91 Å². The van der Waals surface area contributed by atoms with Crippen LogP contribution in [0.4, 0.5) is 0 Å². The smallest absolute Gasteiger partial charge is 0.235 e. The molecule has 1 unspecified atom stereocenters. The summed E-state index contributed by atoms with van der Waals surface area (Å²) >= 11 is 3.78. The number of rotatable bonds is 8. The molecule has 0 rings (SSSR count). The van der Waals surface area contributed by atoms with Crippen LogP contribution in [0.1, 0.15) is 19.3 Å². The molecule has 0 aromatic heterocycles. The lowest BCUT2D eigenvalue weighted by Crippen LogP contribution is -2.36. The van der Waals surface area contributed by atoms with Crippen LogP contribution in [-0.2, 0) is 9.59 Å². The summed E-state index contributed by atoms with van der Waals surface area (Å²) in [4.78, 5) is 20.5. The first-order chi connectivity index (χ1) is 6.22. The Hall–Kier alpha value is -0.750. The Morgan fingerprint density at radius 2 is 2.23 bits per heavy atom. The molecule has 0 bridgehead atoms. The quantitative estimate of drug-likeness (QED) is 0.237. The molecular weight excluding hydrogens is 190 g/mol. The first-order valence-electron chi connectivity index (χ1n) is 4.08. The van der Waals surface area contributed by atoms with E-state index in [2.05, 4.69) is 22.9 Å². The fourth-order valence-electron chi connectivity index (χ4n) is 0.905. The Labute approximate surface area is 83.0 Å². The fraction of sp³-hybridized carbons (Fsp3) is 0.714. The predicted molar refractivity (Wildman–Crippen MR) is 53.0 cm³/mol. The van der Waals surface area contributed by atoms with E-state index in [1.165, 1.54) is 0 Å². The van der Waals surface area contributed by atoms with Crippen LogP contribution in [0.2, 0.25) is 0 Å². The summed E-state index contributed by atoms with van der Waals surface area (Å²) in [7, 11) is 0. The number of nitrogens with one attached hydrogen (secondary N) is 2. The van der Waals surface area contributed by atoms with Crippen LogP contribution in [0.25, 0.3) is 0 Å². The summed E-state index contributed by atoms with van der Waals surface area (Å²) in [6.07, 6.45) is 2.95. The fourth-order valence-corrected chi connectivity index (χ4v) is 1.16. The number of thiol groups is 1. The molecule has 0 saturated carbocycles. The minimum absolute atomic E-state index is 0.389. The van der Waals surface area contributed by atoms with Gasteiger partial charge in [-0.1, -0.05) is 12.8 Å². The molecule has 0 spiro atoms. The standard InChI is InChI=1S/C7H15N3O2S/c8-7(12)6(10-13)3-1-2-4-9-5-11/h5-6,10,13H,1-4H2,(H2,8,12)(H,9,11). The zero-order valence-corrected chi connectivity index (χ0v) is 8.22. The number of unbranched alkanes of at least 4 members (excludes halogenated alkanes) is 1. The Balaban J connectivity index is 3.38. The first kappa shape index (κ1) is 12.2. The van der Waals surface area contributed by atoms with Crippen LogP contribution in [-0.4, -0.2) is 24.9 Å². The largest absolute Gasteiger partial charge is 0.368 e. The summed E-state index contributed by atoms with van der Waals surface area (Å²) in [6, 6.07) is -0.389. The van der Waals surface area contributed by atoms with Gasteiger partial charge in [-0.25, -0.2) is 0 Å². The van der Waals surface area contributed by atoms with E-state index in [-0.39, 0.29) is 6.04 Å². The van der Waals surface area contributed by atoms with Gasteiger partial charge < -0.3 is 11.1 Å². The van der Waals surface area contributed by atoms with Crippen molar-refractivity contribution in [1.29, 1.82) is 0 Å². The molecular formula is C7H15N3O2S. The van der Waals surface area contributed by atoms with E-state index in [4.69, 9.17) is 5.73 Å². The number of hydrogen-bond acceptors (Lipinski definition) is 4. The van der Waals surface area contributed by atoms with Gasteiger partial charge in [-0.15, -0.1) is 0 Å². The third-order valence-electron chi connectivity index (χ3n) is 1.65. The highest BCUT2D eigenvalue weighted by atomic mass is 32.1. The van der Waals surface area contributed by atoms with E-state index in [0.717, 1.165) is 12.8 Å². The Morgan fingerprint density at radius 3 is 2.69 bits per heavy atom. The third-order valence-corrected chi connectivity index (χ3v) is 1.96. The Morgan fingerprint density at radius 1 is 1.54 bits per heavy atom. The first-order valence-corrected chi connectivity index (χ1v) is 4.53. The van der Waals surface area contributed by atoms with Crippen LogP contribution in [0.3, 0.4) is 0 Å². The highest BCUT2D eigenvalue weighted by molar-refractivity contribution is 7.78. The van der Waals surface area contributed by atoms with Crippen LogP contribution < -0.4 is 15.8 Å². The van der Waals surface area contributed by atoms with Gasteiger partial charge in [0.2, 0.25) is 12.3 Å². The van der Waals surface area contributed by atoms with Gasteiger partial charge in [-0.2, -0.15) is 0 Å². The molecule has 0 radical (unpaired) electrons.